The summed E-state index contributed by atoms with van der Waals surface area (Å²) in [6.45, 7) is 5.82. The van der Waals surface area contributed by atoms with Crippen molar-refractivity contribution in [3.8, 4) is 0 Å². The van der Waals surface area contributed by atoms with E-state index in [-0.39, 0.29) is 6.04 Å². The molecule has 4 aromatic rings. The summed E-state index contributed by atoms with van der Waals surface area (Å²) in [7, 11) is 0. The summed E-state index contributed by atoms with van der Waals surface area (Å²) in [5, 5.41) is 1.15. The summed E-state index contributed by atoms with van der Waals surface area (Å²) < 4.78 is 5.97. The van der Waals surface area contributed by atoms with E-state index >= 15 is 0 Å². The molecule has 0 radical (unpaired) electrons. The van der Waals surface area contributed by atoms with Crippen LogP contribution < -0.4 is 0 Å². The van der Waals surface area contributed by atoms with Gasteiger partial charge >= 0.3 is 0 Å². The second kappa shape index (κ2) is 6.35. The molecule has 1 atom stereocenters. The molecule has 136 valence electrons. The van der Waals surface area contributed by atoms with Gasteiger partial charge in [-0.25, -0.2) is 4.98 Å². The van der Waals surface area contributed by atoms with Crippen molar-refractivity contribution >= 4 is 10.9 Å². The van der Waals surface area contributed by atoms with E-state index in [1.54, 1.807) is 6.33 Å². The Morgan fingerprint density at radius 2 is 2.07 bits per heavy atom. The maximum absolute atomic E-state index is 5.97. The molecule has 0 saturated heterocycles. The first-order valence-corrected chi connectivity index (χ1v) is 9.36. The van der Waals surface area contributed by atoms with Gasteiger partial charge in [0.25, 0.3) is 0 Å². The minimum absolute atomic E-state index is 0.0595. The minimum atomic E-state index is 0.0595. The average Bonchev–Trinajstić information content (AvgIpc) is 3.28. The van der Waals surface area contributed by atoms with Crippen LogP contribution in [0.25, 0.3) is 10.9 Å². The molecule has 27 heavy (non-hydrogen) atoms. The second-order valence-corrected chi connectivity index (χ2v) is 7.26. The molecule has 0 fully saturated rings. The second-order valence-electron chi connectivity index (χ2n) is 7.26. The number of aromatic nitrogens is 3. The number of imidazole rings is 1. The van der Waals surface area contributed by atoms with Gasteiger partial charge in [0.2, 0.25) is 0 Å². The third-order valence-corrected chi connectivity index (χ3v) is 5.56. The lowest BCUT2D eigenvalue weighted by Gasteiger charge is -2.35. The fourth-order valence-electron chi connectivity index (χ4n) is 4.12. The topological polar surface area (TPSA) is 58.0 Å². The number of aromatic amines is 1. The number of nitrogens with zero attached hydrogens (tertiary/aromatic N) is 3. The van der Waals surface area contributed by atoms with E-state index in [9.17, 15) is 0 Å². The van der Waals surface area contributed by atoms with Crippen LogP contribution in [-0.2, 0) is 13.0 Å². The van der Waals surface area contributed by atoms with Gasteiger partial charge in [0.1, 0.15) is 11.5 Å². The van der Waals surface area contributed by atoms with Gasteiger partial charge in [-0.3, -0.25) is 9.88 Å². The Hall–Kier alpha value is -2.92. The first-order valence-electron chi connectivity index (χ1n) is 9.36. The highest BCUT2D eigenvalue weighted by atomic mass is 16.3. The molecule has 3 aromatic heterocycles. The van der Waals surface area contributed by atoms with E-state index in [4.69, 9.17) is 4.42 Å². The third-order valence-electron chi connectivity index (χ3n) is 5.56. The van der Waals surface area contributed by atoms with E-state index in [0.717, 1.165) is 47.6 Å². The molecular weight excluding hydrogens is 336 g/mol. The summed E-state index contributed by atoms with van der Waals surface area (Å²) in [4.78, 5) is 15.1. The first kappa shape index (κ1) is 16.3. The summed E-state index contributed by atoms with van der Waals surface area (Å²) >= 11 is 0. The van der Waals surface area contributed by atoms with Gasteiger partial charge in [0.15, 0.2) is 0 Å². The molecule has 5 nitrogen and oxygen atoms in total. The van der Waals surface area contributed by atoms with Crippen molar-refractivity contribution < 1.29 is 4.42 Å². The number of hydrogen-bond acceptors (Lipinski definition) is 4. The van der Waals surface area contributed by atoms with Crippen molar-refractivity contribution in [2.75, 3.05) is 6.54 Å². The SMILES string of the molecule is Cc1cc(CN2CCc3[nH]cnc3[C@@H]2c2cccc3cccnc23)oc1C. The molecule has 5 rings (SSSR count). The molecule has 0 bridgehead atoms. The van der Waals surface area contributed by atoms with Gasteiger partial charge in [-0.2, -0.15) is 0 Å². The number of furan rings is 1. The lowest BCUT2D eigenvalue weighted by Crippen LogP contribution is -2.36. The molecular formula is C22H22N4O. The lowest BCUT2D eigenvalue weighted by molar-refractivity contribution is 0.185. The smallest absolute Gasteiger partial charge is 0.118 e. The van der Waals surface area contributed by atoms with Crippen LogP contribution in [0.4, 0.5) is 0 Å². The maximum atomic E-state index is 5.97. The fraction of sp³-hybridized carbons (Fsp3) is 0.273. The van der Waals surface area contributed by atoms with Crippen LogP contribution in [0.1, 0.15) is 40.1 Å². The van der Waals surface area contributed by atoms with Crippen molar-refractivity contribution in [1.82, 2.24) is 19.9 Å². The standard InChI is InChI=1S/C22H22N4O/c1-14-11-17(27-15(14)2)12-26-10-8-19-21(25-13-24-19)22(26)18-7-3-5-16-6-4-9-23-20(16)18/h3-7,9,11,13,22H,8,10,12H2,1-2H3,(H,24,25)/t22-/m0/s1. The van der Waals surface area contributed by atoms with Crippen molar-refractivity contribution in [3.05, 3.63) is 83.0 Å². The van der Waals surface area contributed by atoms with Gasteiger partial charge in [0, 0.05) is 35.8 Å². The van der Waals surface area contributed by atoms with Crippen molar-refractivity contribution in [3.63, 3.8) is 0 Å². The maximum Gasteiger partial charge on any atom is 0.118 e. The molecule has 1 N–H and O–H groups in total. The van der Waals surface area contributed by atoms with Crippen LogP contribution >= 0.6 is 0 Å². The zero-order valence-corrected chi connectivity index (χ0v) is 15.6. The Labute approximate surface area is 158 Å². The Morgan fingerprint density at radius 3 is 2.93 bits per heavy atom. The number of rotatable bonds is 3. The normalized spacial score (nSPS) is 17.3. The molecule has 0 saturated carbocycles. The molecule has 4 heterocycles. The van der Waals surface area contributed by atoms with E-state index in [2.05, 4.69) is 57.1 Å². The molecule has 1 aliphatic heterocycles. The summed E-state index contributed by atoms with van der Waals surface area (Å²) in [6.07, 6.45) is 4.63. The summed E-state index contributed by atoms with van der Waals surface area (Å²) in [5.74, 6) is 1.99. The largest absolute Gasteiger partial charge is 0.465 e. The molecule has 0 aliphatic carbocycles. The Bertz CT molecular complexity index is 1090. The average molecular weight is 358 g/mol. The Balaban J connectivity index is 1.62. The minimum Gasteiger partial charge on any atom is -0.465 e. The van der Waals surface area contributed by atoms with Crippen LogP contribution in [0.2, 0.25) is 0 Å². The highest BCUT2D eigenvalue weighted by Crippen LogP contribution is 2.37. The lowest BCUT2D eigenvalue weighted by atomic mass is 9.93. The zero-order chi connectivity index (χ0) is 18.4. The van der Waals surface area contributed by atoms with Gasteiger partial charge < -0.3 is 9.40 Å². The number of H-pyrrole nitrogens is 1. The number of hydrogen-bond donors (Lipinski definition) is 1. The van der Waals surface area contributed by atoms with Crippen LogP contribution in [-0.4, -0.2) is 26.4 Å². The number of nitrogens with one attached hydrogen (secondary N) is 1. The number of para-hydroxylation sites is 1. The van der Waals surface area contributed by atoms with E-state index < -0.39 is 0 Å². The van der Waals surface area contributed by atoms with Gasteiger partial charge in [-0.1, -0.05) is 24.3 Å². The first-order chi connectivity index (χ1) is 13.2. The Morgan fingerprint density at radius 1 is 1.19 bits per heavy atom. The molecule has 1 aliphatic rings. The van der Waals surface area contributed by atoms with Gasteiger partial charge in [0.05, 0.1) is 30.1 Å². The highest BCUT2D eigenvalue weighted by Gasteiger charge is 2.33. The monoisotopic (exact) mass is 358 g/mol. The predicted molar refractivity (Wildman–Crippen MR) is 104 cm³/mol. The number of pyridine rings is 1. The fourth-order valence-corrected chi connectivity index (χ4v) is 4.12. The van der Waals surface area contributed by atoms with Crippen LogP contribution in [0.15, 0.2) is 53.3 Å². The zero-order valence-electron chi connectivity index (χ0n) is 15.6. The highest BCUT2D eigenvalue weighted by molar-refractivity contribution is 5.82. The van der Waals surface area contributed by atoms with Crippen molar-refractivity contribution in [2.45, 2.75) is 32.9 Å². The van der Waals surface area contributed by atoms with E-state index in [0.29, 0.717) is 0 Å². The van der Waals surface area contributed by atoms with E-state index in [1.165, 1.54) is 16.8 Å². The molecule has 0 amide bonds. The van der Waals surface area contributed by atoms with Crippen LogP contribution in [0.5, 0.6) is 0 Å². The van der Waals surface area contributed by atoms with Crippen LogP contribution in [0.3, 0.4) is 0 Å². The van der Waals surface area contributed by atoms with Gasteiger partial charge in [-0.05, 0) is 31.5 Å². The Kier molecular flexibility index (Phi) is 3.83. The van der Waals surface area contributed by atoms with Crippen molar-refractivity contribution in [1.29, 1.82) is 0 Å². The number of aryl methyl sites for hydroxylation is 2. The summed E-state index contributed by atoms with van der Waals surface area (Å²) in [6, 6.07) is 12.7. The molecule has 0 unspecified atom stereocenters. The number of benzene rings is 1. The molecule has 1 aromatic carbocycles. The van der Waals surface area contributed by atoms with Crippen molar-refractivity contribution in [2.24, 2.45) is 0 Å². The summed E-state index contributed by atoms with van der Waals surface area (Å²) in [5.41, 5.74) is 5.75. The van der Waals surface area contributed by atoms with Crippen LogP contribution in [0, 0.1) is 13.8 Å². The van der Waals surface area contributed by atoms with Gasteiger partial charge in [-0.15, -0.1) is 0 Å². The molecule has 5 heteroatoms. The molecule has 0 spiro atoms. The van der Waals surface area contributed by atoms with E-state index in [1.807, 2.05) is 19.2 Å². The predicted octanol–water partition coefficient (Wildman–Crippen LogP) is 4.32. The third kappa shape index (κ3) is 2.75. The number of fused-ring (bicyclic) bond motifs is 2. The quantitative estimate of drug-likeness (QED) is 0.593.